The lowest BCUT2D eigenvalue weighted by atomic mass is 10.0. The molecular weight excluding hydrogens is 588 g/mol. The van der Waals surface area contributed by atoms with Crippen LogP contribution in [0.4, 0.5) is 11.4 Å². The molecule has 0 aliphatic heterocycles. The maximum Gasteiger partial charge on any atom is 0.347 e. The first-order chi connectivity index (χ1) is 20.6. The number of hydrogen-bond donors (Lipinski definition) is 4. The van der Waals surface area contributed by atoms with Crippen LogP contribution in [0.5, 0.6) is 11.5 Å². The Bertz CT molecular complexity index is 1920. The van der Waals surface area contributed by atoms with E-state index in [-0.39, 0.29) is 33.7 Å². The Balaban J connectivity index is 1.25. The molecule has 0 atom stereocenters. The van der Waals surface area contributed by atoms with Crippen LogP contribution in [-0.2, 0) is 16.6 Å². The van der Waals surface area contributed by atoms with E-state index < -0.39 is 16.0 Å². The summed E-state index contributed by atoms with van der Waals surface area (Å²) < 4.78 is 34.2. The molecule has 5 rings (SSSR count). The summed E-state index contributed by atoms with van der Waals surface area (Å²) in [5, 5.41) is 23.1. The third kappa shape index (κ3) is 7.21. The van der Waals surface area contributed by atoms with E-state index in [9.17, 15) is 28.2 Å². The summed E-state index contributed by atoms with van der Waals surface area (Å²) in [6.07, 6.45) is 0. The van der Waals surface area contributed by atoms with Gasteiger partial charge in [0.05, 0.1) is 0 Å². The highest BCUT2D eigenvalue weighted by molar-refractivity contribution is 7.93. The fourth-order valence-electron chi connectivity index (χ4n) is 4.41. The summed E-state index contributed by atoms with van der Waals surface area (Å²) in [5.41, 5.74) is 4.43. The van der Waals surface area contributed by atoms with Gasteiger partial charge in [0.25, 0.3) is 15.9 Å². The number of carboxylic acid groups (broad SMARTS) is 1. The summed E-state index contributed by atoms with van der Waals surface area (Å²) in [4.78, 5) is 23.8. The molecular formula is C32H26N2O7S2. The van der Waals surface area contributed by atoms with Crippen molar-refractivity contribution >= 4 is 44.6 Å². The SMILES string of the molecule is Cc1cc(COc2cccc(NC(=O)c3cccc(-c4ccc(O)cc4)c3)c2)cc(NS(=O)(=O)c2ccsc2C(=O)O)c1. The number of anilines is 2. The second-order valence-corrected chi connectivity index (χ2v) is 12.2. The van der Waals surface area contributed by atoms with Gasteiger partial charge in [-0.3, -0.25) is 9.52 Å². The number of ether oxygens (including phenoxy) is 1. The topological polar surface area (TPSA) is 142 Å². The van der Waals surface area contributed by atoms with Gasteiger partial charge in [-0.2, -0.15) is 0 Å². The van der Waals surface area contributed by atoms with Crippen LogP contribution < -0.4 is 14.8 Å². The van der Waals surface area contributed by atoms with Crippen molar-refractivity contribution < 1.29 is 33.0 Å². The van der Waals surface area contributed by atoms with E-state index in [1.54, 1.807) is 85.8 Å². The number of carboxylic acids is 1. The molecule has 0 unspecified atom stereocenters. The molecule has 0 fully saturated rings. The lowest BCUT2D eigenvalue weighted by Crippen LogP contribution is -2.15. The zero-order valence-electron chi connectivity index (χ0n) is 22.8. The molecule has 4 N–H and O–H groups in total. The predicted octanol–water partition coefficient (Wildman–Crippen LogP) is 6.76. The van der Waals surface area contributed by atoms with Crippen molar-refractivity contribution in [3.8, 4) is 22.6 Å². The van der Waals surface area contributed by atoms with Crippen molar-refractivity contribution in [2.24, 2.45) is 0 Å². The number of benzene rings is 4. The van der Waals surface area contributed by atoms with Gasteiger partial charge in [-0.15, -0.1) is 11.3 Å². The number of hydrogen-bond acceptors (Lipinski definition) is 7. The van der Waals surface area contributed by atoms with Crippen LogP contribution in [0.3, 0.4) is 0 Å². The van der Waals surface area contributed by atoms with E-state index in [2.05, 4.69) is 10.0 Å². The van der Waals surface area contributed by atoms with Crippen molar-refractivity contribution in [3.05, 3.63) is 124 Å². The first-order valence-electron chi connectivity index (χ1n) is 13.0. The van der Waals surface area contributed by atoms with Gasteiger partial charge in [-0.1, -0.05) is 36.4 Å². The van der Waals surface area contributed by atoms with Crippen molar-refractivity contribution in [3.63, 3.8) is 0 Å². The van der Waals surface area contributed by atoms with Crippen LogP contribution in [-0.4, -0.2) is 30.5 Å². The van der Waals surface area contributed by atoms with Gasteiger partial charge >= 0.3 is 5.97 Å². The quantitative estimate of drug-likeness (QED) is 0.136. The number of rotatable bonds is 10. The van der Waals surface area contributed by atoms with Crippen molar-refractivity contribution in [1.29, 1.82) is 0 Å². The minimum Gasteiger partial charge on any atom is -0.508 e. The van der Waals surface area contributed by atoms with Gasteiger partial charge in [0.1, 0.15) is 27.9 Å². The van der Waals surface area contributed by atoms with E-state index in [0.717, 1.165) is 28.0 Å². The van der Waals surface area contributed by atoms with Crippen LogP contribution in [0, 0.1) is 6.92 Å². The zero-order chi connectivity index (χ0) is 30.6. The number of aromatic hydroxyl groups is 1. The van der Waals surface area contributed by atoms with E-state index in [4.69, 9.17) is 4.74 Å². The molecule has 0 radical (unpaired) electrons. The van der Waals surface area contributed by atoms with E-state index >= 15 is 0 Å². The van der Waals surface area contributed by atoms with Crippen molar-refractivity contribution in [2.45, 2.75) is 18.4 Å². The Morgan fingerprint density at radius 2 is 1.63 bits per heavy atom. The second-order valence-electron chi connectivity index (χ2n) is 9.63. The molecule has 9 nitrogen and oxygen atoms in total. The number of phenols is 1. The molecule has 43 heavy (non-hydrogen) atoms. The monoisotopic (exact) mass is 614 g/mol. The Hall–Kier alpha value is -5.13. The lowest BCUT2D eigenvalue weighted by molar-refractivity contribution is 0.0698. The number of aryl methyl sites for hydroxylation is 1. The molecule has 218 valence electrons. The highest BCUT2D eigenvalue weighted by atomic mass is 32.2. The molecule has 5 aromatic rings. The fourth-order valence-corrected chi connectivity index (χ4v) is 6.71. The standard InChI is InChI=1S/C32H26N2O7S2/c1-20-14-21(16-26(15-20)34-43(39,40)29-12-13-42-30(29)32(37)38)19-41-28-7-3-6-25(18-28)33-31(36)24-5-2-4-23(17-24)22-8-10-27(35)11-9-22/h2-18,34-35H,19H2,1H3,(H,33,36)(H,37,38). The Kier molecular flexibility index (Phi) is 8.46. The highest BCUT2D eigenvalue weighted by Crippen LogP contribution is 2.27. The molecule has 0 spiro atoms. The zero-order valence-corrected chi connectivity index (χ0v) is 24.4. The van der Waals surface area contributed by atoms with Crippen molar-refractivity contribution in [2.75, 3.05) is 10.0 Å². The molecule has 1 heterocycles. The fraction of sp³-hybridized carbons (Fsp3) is 0.0625. The number of thiophene rings is 1. The van der Waals surface area contributed by atoms with Crippen molar-refractivity contribution in [1.82, 2.24) is 0 Å². The first kappa shape index (κ1) is 29.4. The van der Waals surface area contributed by atoms with Gasteiger partial charge in [-0.25, -0.2) is 13.2 Å². The molecule has 4 aromatic carbocycles. The average molecular weight is 615 g/mol. The summed E-state index contributed by atoms with van der Waals surface area (Å²) in [7, 11) is -4.12. The smallest absolute Gasteiger partial charge is 0.347 e. The van der Waals surface area contributed by atoms with E-state index in [0.29, 0.717) is 22.6 Å². The highest BCUT2D eigenvalue weighted by Gasteiger charge is 2.24. The van der Waals surface area contributed by atoms with Gasteiger partial charge in [-0.05, 0) is 89.2 Å². The summed E-state index contributed by atoms with van der Waals surface area (Å²) in [6.45, 7) is 1.92. The number of phenolic OH excluding ortho intramolecular Hbond substituents is 1. The normalized spacial score (nSPS) is 11.1. The van der Waals surface area contributed by atoms with Gasteiger partial charge < -0.3 is 20.3 Å². The van der Waals surface area contributed by atoms with Crippen LogP contribution in [0.25, 0.3) is 11.1 Å². The third-order valence-electron chi connectivity index (χ3n) is 6.33. The minimum atomic E-state index is -4.12. The number of aromatic carboxylic acids is 1. The molecule has 0 saturated carbocycles. The van der Waals surface area contributed by atoms with Crippen LogP contribution in [0.1, 0.15) is 31.2 Å². The van der Waals surface area contributed by atoms with E-state index in [1.165, 1.54) is 11.4 Å². The first-order valence-corrected chi connectivity index (χ1v) is 15.3. The Morgan fingerprint density at radius 1 is 0.860 bits per heavy atom. The van der Waals surface area contributed by atoms with Crippen LogP contribution in [0.15, 0.2) is 107 Å². The van der Waals surface area contributed by atoms with Gasteiger partial charge in [0, 0.05) is 23.0 Å². The third-order valence-corrected chi connectivity index (χ3v) is 8.78. The second kappa shape index (κ2) is 12.4. The largest absolute Gasteiger partial charge is 0.508 e. The number of sulfonamides is 1. The Morgan fingerprint density at radius 3 is 2.40 bits per heavy atom. The average Bonchev–Trinajstić information content (AvgIpc) is 3.48. The molecule has 0 aliphatic carbocycles. The maximum absolute atomic E-state index is 13.0. The lowest BCUT2D eigenvalue weighted by Gasteiger charge is -2.13. The molecule has 0 bridgehead atoms. The van der Waals surface area contributed by atoms with E-state index in [1.807, 2.05) is 12.1 Å². The molecule has 0 aliphatic rings. The Labute approximate surface area is 252 Å². The molecule has 11 heteroatoms. The number of carbonyl (C=O) groups excluding carboxylic acids is 1. The molecule has 1 aromatic heterocycles. The number of amides is 1. The van der Waals surface area contributed by atoms with Gasteiger partial charge in [0.2, 0.25) is 0 Å². The summed E-state index contributed by atoms with van der Waals surface area (Å²) in [5.74, 6) is -0.958. The summed E-state index contributed by atoms with van der Waals surface area (Å²) in [6, 6.07) is 27.2. The minimum absolute atomic E-state index is 0.112. The maximum atomic E-state index is 13.0. The van der Waals surface area contributed by atoms with Gasteiger partial charge in [0.15, 0.2) is 0 Å². The predicted molar refractivity (Wildman–Crippen MR) is 166 cm³/mol. The molecule has 0 saturated heterocycles. The number of nitrogens with one attached hydrogen (secondary N) is 2. The molecule has 1 amide bonds. The summed E-state index contributed by atoms with van der Waals surface area (Å²) >= 11 is 0.838. The number of carbonyl (C=O) groups is 2. The van der Waals surface area contributed by atoms with Crippen LogP contribution >= 0.6 is 11.3 Å². The van der Waals surface area contributed by atoms with Crippen LogP contribution in [0.2, 0.25) is 0 Å².